The van der Waals surface area contributed by atoms with Crippen molar-refractivity contribution in [3.63, 3.8) is 0 Å². The zero-order chi connectivity index (χ0) is 13.2. The highest BCUT2D eigenvalue weighted by atomic mass is 16.5. The van der Waals surface area contributed by atoms with Gasteiger partial charge in [-0.2, -0.15) is 5.26 Å². The first-order chi connectivity index (χ1) is 8.64. The summed E-state index contributed by atoms with van der Waals surface area (Å²) in [5.41, 5.74) is -0.123. The van der Waals surface area contributed by atoms with Gasteiger partial charge in [-0.25, -0.2) is 0 Å². The summed E-state index contributed by atoms with van der Waals surface area (Å²) in [6.45, 7) is 0. The molecule has 0 N–H and O–H groups in total. The van der Waals surface area contributed by atoms with Crippen LogP contribution >= 0.6 is 0 Å². The molecule has 0 saturated heterocycles. The molecule has 4 nitrogen and oxygen atoms in total. The molecular weight excluding hydrogens is 228 g/mol. The van der Waals surface area contributed by atoms with Crippen molar-refractivity contribution in [1.29, 1.82) is 5.26 Å². The van der Waals surface area contributed by atoms with E-state index in [1.165, 1.54) is 4.90 Å². The first-order valence-corrected chi connectivity index (χ1v) is 5.97. The summed E-state index contributed by atoms with van der Waals surface area (Å²) in [7, 11) is 3.26. The van der Waals surface area contributed by atoms with Gasteiger partial charge < -0.3 is 9.64 Å². The van der Waals surface area contributed by atoms with Gasteiger partial charge in [0.25, 0.3) is 0 Å². The first-order valence-electron chi connectivity index (χ1n) is 5.97. The third-order valence-electron chi connectivity index (χ3n) is 3.58. The molecule has 2 rings (SSSR count). The number of nitrogens with zero attached hydrogens (tertiary/aromatic N) is 2. The summed E-state index contributed by atoms with van der Waals surface area (Å²) < 4.78 is 5.24. The summed E-state index contributed by atoms with van der Waals surface area (Å²) in [5, 5.41) is 9.20. The molecule has 0 unspecified atom stereocenters. The summed E-state index contributed by atoms with van der Waals surface area (Å²) >= 11 is 0. The van der Waals surface area contributed by atoms with Crippen LogP contribution in [0.15, 0.2) is 24.3 Å². The van der Waals surface area contributed by atoms with Crippen LogP contribution in [0.5, 0.6) is 5.75 Å². The lowest BCUT2D eigenvalue weighted by Gasteiger charge is -2.36. The highest BCUT2D eigenvalue weighted by Crippen LogP contribution is 2.43. The van der Waals surface area contributed by atoms with Gasteiger partial charge in [-0.15, -0.1) is 0 Å². The molecule has 4 heteroatoms. The number of amides is 1. The summed E-state index contributed by atoms with van der Waals surface area (Å²) in [6.07, 6.45) is 2.25. The zero-order valence-corrected chi connectivity index (χ0v) is 10.6. The molecule has 0 spiro atoms. The zero-order valence-electron chi connectivity index (χ0n) is 10.6. The smallest absolute Gasteiger partial charge is 0.247 e. The largest absolute Gasteiger partial charge is 0.495 e. The fourth-order valence-corrected chi connectivity index (χ4v) is 2.24. The molecule has 0 atom stereocenters. The Labute approximate surface area is 107 Å². The van der Waals surface area contributed by atoms with E-state index < -0.39 is 5.41 Å². The van der Waals surface area contributed by atoms with E-state index in [2.05, 4.69) is 6.07 Å². The molecule has 18 heavy (non-hydrogen) atoms. The van der Waals surface area contributed by atoms with Crippen LogP contribution < -0.4 is 9.64 Å². The predicted octanol–water partition coefficient (Wildman–Crippen LogP) is 2.35. The van der Waals surface area contributed by atoms with E-state index in [4.69, 9.17) is 4.74 Å². The Morgan fingerprint density at radius 3 is 2.61 bits per heavy atom. The van der Waals surface area contributed by atoms with Crippen molar-refractivity contribution in [2.45, 2.75) is 19.3 Å². The number of nitriles is 1. The molecule has 0 heterocycles. The molecule has 1 aliphatic rings. The van der Waals surface area contributed by atoms with E-state index in [0.717, 1.165) is 6.42 Å². The van der Waals surface area contributed by atoms with Crippen molar-refractivity contribution in [1.82, 2.24) is 0 Å². The van der Waals surface area contributed by atoms with E-state index >= 15 is 0 Å². The minimum Gasteiger partial charge on any atom is -0.495 e. The average molecular weight is 244 g/mol. The molecule has 1 fully saturated rings. The van der Waals surface area contributed by atoms with Gasteiger partial charge >= 0.3 is 0 Å². The van der Waals surface area contributed by atoms with Crippen LogP contribution in [0, 0.1) is 16.7 Å². The summed E-state index contributed by atoms with van der Waals surface area (Å²) in [6, 6.07) is 9.50. The number of carbonyl (C=O) groups excluding carboxylic acids is 1. The third-order valence-corrected chi connectivity index (χ3v) is 3.58. The standard InChI is InChI=1S/C14H16N2O2/c1-16(11-6-3-4-7-12(11)18-2)13(17)14(10-15)8-5-9-14/h3-4,6-7H,5,8-9H2,1-2H3. The van der Waals surface area contributed by atoms with Gasteiger partial charge in [0, 0.05) is 7.05 Å². The minimum absolute atomic E-state index is 0.138. The van der Waals surface area contributed by atoms with Crippen LogP contribution in [0.25, 0.3) is 0 Å². The number of benzene rings is 1. The van der Waals surface area contributed by atoms with E-state index in [0.29, 0.717) is 24.3 Å². The fourth-order valence-electron chi connectivity index (χ4n) is 2.24. The van der Waals surface area contributed by atoms with E-state index in [-0.39, 0.29) is 5.91 Å². The number of rotatable bonds is 3. The maximum Gasteiger partial charge on any atom is 0.247 e. The van der Waals surface area contributed by atoms with Gasteiger partial charge in [0.15, 0.2) is 0 Å². The van der Waals surface area contributed by atoms with Gasteiger partial charge in [0.1, 0.15) is 11.2 Å². The Morgan fingerprint density at radius 2 is 2.11 bits per heavy atom. The number of para-hydroxylation sites is 2. The molecule has 0 aliphatic heterocycles. The second kappa shape index (κ2) is 4.69. The Kier molecular flexibility index (Phi) is 3.24. The first kappa shape index (κ1) is 12.4. The number of ether oxygens (including phenoxy) is 1. The molecule has 1 aliphatic carbocycles. The van der Waals surface area contributed by atoms with E-state index in [9.17, 15) is 10.1 Å². The molecule has 0 aromatic heterocycles. The van der Waals surface area contributed by atoms with E-state index in [1.807, 2.05) is 18.2 Å². The molecule has 1 aromatic carbocycles. The maximum absolute atomic E-state index is 12.4. The SMILES string of the molecule is COc1ccccc1N(C)C(=O)C1(C#N)CCC1. The second-order valence-electron chi connectivity index (χ2n) is 4.58. The predicted molar refractivity (Wildman–Crippen MR) is 68.3 cm³/mol. The number of hydrogen-bond acceptors (Lipinski definition) is 3. The number of carbonyl (C=O) groups is 1. The maximum atomic E-state index is 12.4. The molecule has 0 radical (unpaired) electrons. The quantitative estimate of drug-likeness (QED) is 0.820. The molecule has 1 saturated carbocycles. The Balaban J connectivity index is 2.29. The second-order valence-corrected chi connectivity index (χ2v) is 4.58. The molecular formula is C14H16N2O2. The lowest BCUT2D eigenvalue weighted by Crippen LogP contribution is -2.45. The van der Waals surface area contributed by atoms with Crippen molar-refractivity contribution in [2.24, 2.45) is 5.41 Å². The lowest BCUT2D eigenvalue weighted by atomic mass is 9.69. The third kappa shape index (κ3) is 1.82. The van der Waals surface area contributed by atoms with Crippen LogP contribution in [0.1, 0.15) is 19.3 Å². The summed E-state index contributed by atoms with van der Waals surface area (Å²) in [5.74, 6) is 0.501. The Bertz CT molecular complexity index is 501. The van der Waals surface area contributed by atoms with Crippen molar-refractivity contribution in [3.05, 3.63) is 24.3 Å². The van der Waals surface area contributed by atoms with Crippen molar-refractivity contribution in [3.8, 4) is 11.8 Å². The van der Waals surface area contributed by atoms with Crippen molar-refractivity contribution >= 4 is 11.6 Å². The highest BCUT2D eigenvalue weighted by molar-refractivity contribution is 6.00. The van der Waals surface area contributed by atoms with Crippen molar-refractivity contribution < 1.29 is 9.53 Å². The van der Waals surface area contributed by atoms with Crippen LogP contribution in [0.2, 0.25) is 0 Å². The van der Waals surface area contributed by atoms with Crippen LogP contribution in [0.3, 0.4) is 0 Å². The number of hydrogen-bond donors (Lipinski definition) is 0. The van der Waals surface area contributed by atoms with Crippen molar-refractivity contribution in [2.75, 3.05) is 19.1 Å². The molecule has 1 aromatic rings. The van der Waals surface area contributed by atoms with Crippen LogP contribution in [-0.2, 0) is 4.79 Å². The Hall–Kier alpha value is -2.02. The minimum atomic E-state index is -0.824. The monoisotopic (exact) mass is 244 g/mol. The molecule has 0 bridgehead atoms. The molecule has 1 amide bonds. The van der Waals surface area contributed by atoms with Gasteiger partial charge in [-0.05, 0) is 31.4 Å². The van der Waals surface area contributed by atoms with Crippen LogP contribution in [-0.4, -0.2) is 20.1 Å². The topological polar surface area (TPSA) is 53.3 Å². The fraction of sp³-hybridized carbons (Fsp3) is 0.429. The average Bonchev–Trinajstić information content (AvgIpc) is 2.37. The molecule has 94 valence electrons. The normalized spacial score (nSPS) is 16.3. The highest BCUT2D eigenvalue weighted by Gasteiger charge is 2.46. The number of anilines is 1. The van der Waals surface area contributed by atoms with Gasteiger partial charge in [-0.1, -0.05) is 12.1 Å². The lowest BCUT2D eigenvalue weighted by molar-refractivity contribution is -0.128. The van der Waals surface area contributed by atoms with Crippen LogP contribution in [0.4, 0.5) is 5.69 Å². The van der Waals surface area contributed by atoms with Gasteiger partial charge in [-0.3, -0.25) is 4.79 Å². The summed E-state index contributed by atoms with van der Waals surface area (Å²) in [4.78, 5) is 13.9. The van der Waals surface area contributed by atoms with E-state index in [1.54, 1.807) is 20.2 Å². The van der Waals surface area contributed by atoms with Gasteiger partial charge in [0.05, 0.1) is 18.9 Å². The van der Waals surface area contributed by atoms with Gasteiger partial charge in [0.2, 0.25) is 5.91 Å². The number of methoxy groups -OCH3 is 1. The Morgan fingerprint density at radius 1 is 1.44 bits per heavy atom.